The normalized spacial score (nSPS) is 8.62. The van der Waals surface area contributed by atoms with Crippen LogP contribution in [0.4, 0.5) is 4.39 Å². The molecule has 0 amide bonds. The van der Waals surface area contributed by atoms with Crippen molar-refractivity contribution in [1.29, 1.82) is 0 Å². The Balaban J connectivity index is 0.000000671. The predicted molar refractivity (Wildman–Crippen MR) is 48.1 cm³/mol. The Kier molecular flexibility index (Phi) is 4.95. The van der Waals surface area contributed by atoms with Gasteiger partial charge < -0.3 is 14.8 Å². The van der Waals surface area contributed by atoms with Crippen molar-refractivity contribution in [3.05, 3.63) is 29.6 Å². The number of aryl methyl sites for hydroxylation is 1. The molecule has 0 aliphatic rings. The Hall–Kier alpha value is -1.20. The average molecular weight is 184 g/mol. The molecule has 1 rings (SSSR count). The van der Waals surface area contributed by atoms with E-state index in [1.54, 1.807) is 13.0 Å². The smallest absolute Gasteiger partial charge is 0.423 e. The molecule has 0 bridgehead atoms. The zero-order chi connectivity index (χ0) is 10.4. The topological polar surface area (TPSA) is 57.5 Å². The van der Waals surface area contributed by atoms with Gasteiger partial charge in [0, 0.05) is 5.46 Å². The molecule has 0 aromatic heterocycles. The fraction of sp³-hybridized carbons (Fsp3) is 0.125. The van der Waals surface area contributed by atoms with E-state index >= 15 is 0 Å². The molecule has 70 valence electrons. The van der Waals surface area contributed by atoms with Crippen LogP contribution in [0.3, 0.4) is 0 Å². The van der Waals surface area contributed by atoms with Gasteiger partial charge in [-0.3, -0.25) is 0 Å². The van der Waals surface area contributed by atoms with Crippen LogP contribution in [0.2, 0.25) is 0 Å². The molecule has 3 nitrogen and oxygen atoms in total. The molecular weight excluding hydrogens is 174 g/mol. The monoisotopic (exact) mass is 184 g/mol. The van der Waals surface area contributed by atoms with Crippen molar-refractivity contribution in [3.63, 3.8) is 0 Å². The van der Waals surface area contributed by atoms with Gasteiger partial charge in [0.25, 0.3) is 0 Å². The summed E-state index contributed by atoms with van der Waals surface area (Å²) in [5, 5.41) is 17.2. The molecule has 0 heterocycles. The molecule has 2 N–H and O–H groups in total. The second-order valence-electron chi connectivity index (χ2n) is 2.40. The molecule has 0 fully saturated rings. The van der Waals surface area contributed by atoms with E-state index in [-0.39, 0.29) is 5.46 Å². The Morgan fingerprint density at radius 3 is 2.31 bits per heavy atom. The molecule has 0 unspecified atom stereocenters. The van der Waals surface area contributed by atoms with Gasteiger partial charge in [-0.05, 0) is 18.6 Å². The highest BCUT2D eigenvalue weighted by molar-refractivity contribution is 6.58. The third-order valence-corrected chi connectivity index (χ3v) is 1.43. The van der Waals surface area contributed by atoms with Crippen molar-refractivity contribution in [2.75, 3.05) is 0 Å². The Morgan fingerprint density at radius 1 is 1.38 bits per heavy atom. The second kappa shape index (κ2) is 5.45. The zero-order valence-corrected chi connectivity index (χ0v) is 7.20. The van der Waals surface area contributed by atoms with Gasteiger partial charge in [-0.2, -0.15) is 0 Å². The summed E-state index contributed by atoms with van der Waals surface area (Å²) in [6.07, 6.45) is 0. The molecule has 0 spiro atoms. The first-order valence-corrected chi connectivity index (χ1v) is 3.52. The van der Waals surface area contributed by atoms with E-state index in [1.807, 2.05) is 6.79 Å². The van der Waals surface area contributed by atoms with E-state index in [4.69, 9.17) is 14.8 Å². The van der Waals surface area contributed by atoms with Crippen molar-refractivity contribution in [3.8, 4) is 0 Å². The molecule has 0 radical (unpaired) electrons. The fourth-order valence-electron chi connectivity index (χ4n) is 0.842. The predicted octanol–water partition coefficient (Wildman–Crippen LogP) is -0.371. The first-order valence-electron chi connectivity index (χ1n) is 3.52. The maximum absolute atomic E-state index is 12.8. The fourth-order valence-corrected chi connectivity index (χ4v) is 0.842. The van der Waals surface area contributed by atoms with E-state index in [9.17, 15) is 4.39 Å². The van der Waals surface area contributed by atoms with Crippen LogP contribution in [-0.2, 0) is 4.79 Å². The summed E-state index contributed by atoms with van der Waals surface area (Å²) in [4.78, 5) is 8.00. The van der Waals surface area contributed by atoms with Gasteiger partial charge >= 0.3 is 7.12 Å². The minimum atomic E-state index is -1.73. The molecule has 5 heteroatoms. The summed E-state index contributed by atoms with van der Waals surface area (Å²) in [7, 11) is -1.73. The lowest BCUT2D eigenvalue weighted by molar-refractivity contribution is -0.0979. The summed E-state index contributed by atoms with van der Waals surface area (Å²) in [6, 6.07) is 4.24. The number of benzene rings is 1. The van der Waals surface area contributed by atoms with Crippen LogP contribution in [0.5, 0.6) is 0 Å². The van der Waals surface area contributed by atoms with Crippen LogP contribution in [0, 0.1) is 12.7 Å². The Bertz CT molecular complexity index is 278. The average Bonchev–Trinajstić information content (AvgIpc) is 2.07. The quantitative estimate of drug-likeness (QED) is 0.585. The van der Waals surface area contributed by atoms with Crippen molar-refractivity contribution in [1.82, 2.24) is 0 Å². The largest absolute Gasteiger partial charge is 0.491 e. The van der Waals surface area contributed by atoms with Crippen LogP contribution in [-0.4, -0.2) is 24.0 Å². The third-order valence-electron chi connectivity index (χ3n) is 1.43. The first-order chi connectivity index (χ1) is 6.11. The number of carbonyl (C=O) groups excluding carboxylic acids is 1. The highest BCUT2D eigenvalue weighted by Gasteiger charge is 2.15. The van der Waals surface area contributed by atoms with Crippen LogP contribution >= 0.6 is 0 Å². The number of carbonyl (C=O) groups is 1. The summed E-state index contributed by atoms with van der Waals surface area (Å²) < 4.78 is 12.8. The third kappa shape index (κ3) is 3.35. The van der Waals surface area contributed by atoms with Crippen LogP contribution in [0.15, 0.2) is 18.2 Å². The molecule has 13 heavy (non-hydrogen) atoms. The summed E-state index contributed by atoms with van der Waals surface area (Å²) in [5.74, 6) is -0.583. The van der Waals surface area contributed by atoms with E-state index in [2.05, 4.69) is 0 Å². The van der Waals surface area contributed by atoms with Crippen molar-refractivity contribution < 1.29 is 19.2 Å². The summed E-state index contributed by atoms with van der Waals surface area (Å²) >= 11 is 0. The lowest BCUT2D eigenvalue weighted by atomic mass is 9.79. The maximum atomic E-state index is 12.8. The number of hydrogen-bond acceptors (Lipinski definition) is 3. The van der Waals surface area contributed by atoms with Gasteiger partial charge in [0.2, 0.25) is 0 Å². The highest BCUT2D eigenvalue weighted by Crippen LogP contribution is 1.99. The van der Waals surface area contributed by atoms with Gasteiger partial charge in [0.1, 0.15) is 12.6 Å². The molecule has 0 saturated heterocycles. The lowest BCUT2D eigenvalue weighted by Gasteiger charge is -2.00. The van der Waals surface area contributed by atoms with Crippen LogP contribution < -0.4 is 5.46 Å². The van der Waals surface area contributed by atoms with Gasteiger partial charge in [-0.1, -0.05) is 12.1 Å². The maximum Gasteiger partial charge on any atom is 0.491 e. The van der Waals surface area contributed by atoms with Gasteiger partial charge in [-0.25, -0.2) is 4.39 Å². The minimum absolute atomic E-state index is 0.0874. The second-order valence-corrected chi connectivity index (χ2v) is 2.40. The molecule has 0 aliphatic carbocycles. The van der Waals surface area contributed by atoms with E-state index in [0.717, 1.165) is 5.56 Å². The van der Waals surface area contributed by atoms with Crippen LogP contribution in [0.25, 0.3) is 0 Å². The van der Waals surface area contributed by atoms with E-state index < -0.39 is 12.9 Å². The number of hydrogen-bond donors (Lipinski definition) is 2. The molecule has 1 aromatic carbocycles. The standard InChI is InChI=1S/C7H8BFO2.CH2O/c1-5-2-3-6(8(10)11)7(9)4-5;1-2/h2-4,10-11H,1H3;1H2. The molecule has 1 aromatic rings. The van der Waals surface area contributed by atoms with Gasteiger partial charge in [0.05, 0.1) is 0 Å². The van der Waals surface area contributed by atoms with Crippen LogP contribution in [0.1, 0.15) is 5.56 Å². The van der Waals surface area contributed by atoms with Crippen molar-refractivity contribution in [2.24, 2.45) is 0 Å². The molecule has 0 saturated carbocycles. The lowest BCUT2D eigenvalue weighted by Crippen LogP contribution is -2.32. The molecule has 0 atom stereocenters. The minimum Gasteiger partial charge on any atom is -0.423 e. The molecular formula is C8H10BFO3. The van der Waals surface area contributed by atoms with Crippen molar-refractivity contribution >= 4 is 19.4 Å². The van der Waals surface area contributed by atoms with E-state index in [1.165, 1.54) is 12.1 Å². The number of rotatable bonds is 1. The van der Waals surface area contributed by atoms with Crippen molar-refractivity contribution in [2.45, 2.75) is 6.92 Å². The first kappa shape index (κ1) is 11.8. The molecule has 0 aliphatic heterocycles. The van der Waals surface area contributed by atoms with E-state index in [0.29, 0.717) is 0 Å². The van der Waals surface area contributed by atoms with Gasteiger partial charge in [0.15, 0.2) is 0 Å². The number of halogens is 1. The SMILES string of the molecule is C=O.Cc1ccc(B(O)O)c(F)c1. The Morgan fingerprint density at radius 2 is 1.92 bits per heavy atom. The highest BCUT2D eigenvalue weighted by atomic mass is 19.1. The summed E-state index contributed by atoms with van der Waals surface area (Å²) in [5.41, 5.74) is 0.669. The Labute approximate surface area is 76.0 Å². The summed E-state index contributed by atoms with van der Waals surface area (Å²) in [6.45, 7) is 3.73. The van der Waals surface area contributed by atoms with Gasteiger partial charge in [-0.15, -0.1) is 0 Å². The zero-order valence-electron chi connectivity index (χ0n) is 7.20.